The summed E-state index contributed by atoms with van der Waals surface area (Å²) >= 11 is 3.44. The Morgan fingerprint density at radius 3 is 2.86 bits per heavy atom. The Kier molecular flexibility index (Phi) is 3.12. The topological polar surface area (TPSA) is 9.23 Å². The van der Waals surface area contributed by atoms with Gasteiger partial charge in [0.2, 0.25) is 0 Å². The minimum Gasteiger partial charge on any atom is -0.493 e. The summed E-state index contributed by atoms with van der Waals surface area (Å²) < 4.78 is 6.84. The molecule has 0 spiro atoms. The predicted molar refractivity (Wildman–Crippen MR) is 61.7 cm³/mol. The molecule has 1 aliphatic rings. The van der Waals surface area contributed by atoms with Crippen LogP contribution in [0.25, 0.3) is 0 Å². The van der Waals surface area contributed by atoms with Gasteiger partial charge in [-0.1, -0.05) is 28.8 Å². The van der Waals surface area contributed by atoms with E-state index in [2.05, 4.69) is 28.9 Å². The first kappa shape index (κ1) is 10.0. The Labute approximate surface area is 93.6 Å². The number of hydrogen-bond donors (Lipinski definition) is 0. The molecule has 0 saturated heterocycles. The summed E-state index contributed by atoms with van der Waals surface area (Å²) in [4.78, 5) is 0. The molecule has 14 heavy (non-hydrogen) atoms. The van der Waals surface area contributed by atoms with Gasteiger partial charge < -0.3 is 4.74 Å². The predicted octanol–water partition coefficient (Wildman–Crippen LogP) is 3.94. The number of halogens is 1. The van der Waals surface area contributed by atoms with Gasteiger partial charge in [-0.15, -0.1) is 0 Å². The van der Waals surface area contributed by atoms with Crippen LogP contribution in [-0.2, 0) is 0 Å². The van der Waals surface area contributed by atoms with Gasteiger partial charge in [-0.2, -0.15) is 0 Å². The zero-order valence-electron chi connectivity index (χ0n) is 8.42. The Morgan fingerprint density at radius 1 is 1.43 bits per heavy atom. The van der Waals surface area contributed by atoms with Crippen LogP contribution in [0, 0.1) is 12.8 Å². The van der Waals surface area contributed by atoms with Crippen molar-refractivity contribution in [3.05, 3.63) is 28.2 Å². The van der Waals surface area contributed by atoms with Gasteiger partial charge in [-0.25, -0.2) is 0 Å². The Balaban J connectivity index is 1.87. The summed E-state index contributed by atoms with van der Waals surface area (Å²) in [7, 11) is 0. The first-order chi connectivity index (χ1) is 6.75. The van der Waals surface area contributed by atoms with Gasteiger partial charge >= 0.3 is 0 Å². The second-order valence-electron chi connectivity index (χ2n) is 3.99. The minimum absolute atomic E-state index is 0.868. The lowest BCUT2D eigenvalue weighted by Gasteiger charge is -2.08. The van der Waals surface area contributed by atoms with E-state index in [9.17, 15) is 0 Å². The number of hydrogen-bond acceptors (Lipinski definition) is 1. The number of aryl methyl sites for hydroxylation is 1. The maximum Gasteiger partial charge on any atom is 0.122 e. The molecule has 0 N–H and O–H groups in total. The smallest absolute Gasteiger partial charge is 0.122 e. The second-order valence-corrected chi connectivity index (χ2v) is 4.91. The lowest BCUT2D eigenvalue weighted by atomic mass is 10.2. The van der Waals surface area contributed by atoms with Crippen LogP contribution in [0.2, 0.25) is 0 Å². The van der Waals surface area contributed by atoms with Crippen molar-refractivity contribution in [3.8, 4) is 5.75 Å². The zero-order valence-corrected chi connectivity index (χ0v) is 10.0. The van der Waals surface area contributed by atoms with E-state index in [1.165, 1.54) is 24.8 Å². The molecule has 1 fully saturated rings. The van der Waals surface area contributed by atoms with Gasteiger partial charge in [0.1, 0.15) is 5.75 Å². The van der Waals surface area contributed by atoms with Crippen molar-refractivity contribution in [3.63, 3.8) is 0 Å². The van der Waals surface area contributed by atoms with Crippen LogP contribution in [0.5, 0.6) is 5.75 Å². The van der Waals surface area contributed by atoms with Crippen LogP contribution in [-0.4, -0.2) is 6.61 Å². The summed E-state index contributed by atoms with van der Waals surface area (Å²) in [5.74, 6) is 1.97. The zero-order chi connectivity index (χ0) is 9.97. The molecule has 2 heteroatoms. The van der Waals surface area contributed by atoms with Crippen LogP contribution in [0.3, 0.4) is 0 Å². The average Bonchev–Trinajstić information content (AvgIpc) is 2.92. The van der Waals surface area contributed by atoms with Crippen molar-refractivity contribution in [1.82, 2.24) is 0 Å². The van der Waals surface area contributed by atoms with E-state index >= 15 is 0 Å². The lowest BCUT2D eigenvalue weighted by Crippen LogP contribution is -1.99. The van der Waals surface area contributed by atoms with E-state index in [0.29, 0.717) is 0 Å². The minimum atomic E-state index is 0.868. The standard InChI is InChI=1S/C12H15BrO/c1-9-8-11(13)4-5-12(9)14-7-6-10-2-3-10/h4-5,8,10H,2-3,6-7H2,1H3. The third-order valence-electron chi connectivity index (χ3n) is 2.62. The summed E-state index contributed by atoms with van der Waals surface area (Å²) in [6.45, 7) is 2.95. The van der Waals surface area contributed by atoms with E-state index < -0.39 is 0 Å². The Bertz CT molecular complexity index is 318. The van der Waals surface area contributed by atoms with Crippen molar-refractivity contribution in [1.29, 1.82) is 0 Å². The molecule has 1 nitrogen and oxygen atoms in total. The quantitative estimate of drug-likeness (QED) is 0.791. The first-order valence-electron chi connectivity index (χ1n) is 5.14. The first-order valence-corrected chi connectivity index (χ1v) is 5.94. The molecule has 1 aliphatic carbocycles. The fourth-order valence-electron chi connectivity index (χ4n) is 1.52. The van der Waals surface area contributed by atoms with E-state index in [1.54, 1.807) is 0 Å². The maximum absolute atomic E-state index is 5.72. The third-order valence-corrected chi connectivity index (χ3v) is 3.11. The average molecular weight is 255 g/mol. The molecule has 0 amide bonds. The monoisotopic (exact) mass is 254 g/mol. The molecule has 76 valence electrons. The number of ether oxygens (including phenoxy) is 1. The van der Waals surface area contributed by atoms with Gasteiger partial charge in [-0.3, -0.25) is 0 Å². The van der Waals surface area contributed by atoms with E-state index in [0.717, 1.165) is 22.7 Å². The highest BCUT2D eigenvalue weighted by Crippen LogP contribution is 2.32. The maximum atomic E-state index is 5.72. The van der Waals surface area contributed by atoms with Gasteiger partial charge in [0.25, 0.3) is 0 Å². The molecular formula is C12H15BrO. The SMILES string of the molecule is Cc1cc(Br)ccc1OCCC1CC1. The van der Waals surface area contributed by atoms with Gasteiger partial charge in [0.15, 0.2) is 0 Å². The molecule has 1 saturated carbocycles. The van der Waals surface area contributed by atoms with Crippen molar-refractivity contribution < 1.29 is 4.74 Å². The van der Waals surface area contributed by atoms with Crippen molar-refractivity contribution in [2.24, 2.45) is 5.92 Å². The molecule has 1 aromatic rings. The van der Waals surface area contributed by atoms with Gasteiger partial charge in [0, 0.05) is 4.47 Å². The van der Waals surface area contributed by atoms with Gasteiger partial charge in [0.05, 0.1) is 6.61 Å². The fourth-order valence-corrected chi connectivity index (χ4v) is 1.99. The summed E-state index contributed by atoms with van der Waals surface area (Å²) in [6, 6.07) is 6.15. The van der Waals surface area contributed by atoms with E-state index in [-0.39, 0.29) is 0 Å². The highest BCUT2D eigenvalue weighted by molar-refractivity contribution is 9.10. The fraction of sp³-hybridized carbons (Fsp3) is 0.500. The second kappa shape index (κ2) is 4.35. The molecule has 2 rings (SSSR count). The van der Waals surface area contributed by atoms with Crippen LogP contribution < -0.4 is 4.74 Å². The molecule has 0 heterocycles. The largest absolute Gasteiger partial charge is 0.493 e. The molecular weight excluding hydrogens is 240 g/mol. The Morgan fingerprint density at radius 2 is 2.21 bits per heavy atom. The van der Waals surface area contributed by atoms with E-state index in [4.69, 9.17) is 4.74 Å². The molecule has 1 aromatic carbocycles. The number of rotatable bonds is 4. The Hall–Kier alpha value is -0.500. The van der Waals surface area contributed by atoms with Gasteiger partial charge in [-0.05, 0) is 43.0 Å². The van der Waals surface area contributed by atoms with E-state index in [1.807, 2.05) is 12.1 Å². The summed E-state index contributed by atoms with van der Waals surface area (Å²) in [5.41, 5.74) is 1.20. The highest BCUT2D eigenvalue weighted by Gasteiger charge is 2.20. The van der Waals surface area contributed by atoms with Crippen molar-refractivity contribution in [2.75, 3.05) is 6.61 Å². The normalized spacial score (nSPS) is 15.6. The molecule has 0 unspecified atom stereocenters. The lowest BCUT2D eigenvalue weighted by molar-refractivity contribution is 0.300. The summed E-state index contributed by atoms with van der Waals surface area (Å²) in [5, 5.41) is 0. The summed E-state index contributed by atoms with van der Waals surface area (Å²) in [6.07, 6.45) is 4.03. The van der Waals surface area contributed by atoms with Crippen LogP contribution in [0.15, 0.2) is 22.7 Å². The molecule has 0 atom stereocenters. The third kappa shape index (κ3) is 2.74. The molecule has 0 radical (unpaired) electrons. The highest BCUT2D eigenvalue weighted by atomic mass is 79.9. The van der Waals surface area contributed by atoms with Crippen molar-refractivity contribution >= 4 is 15.9 Å². The number of benzene rings is 1. The molecule has 0 aromatic heterocycles. The van der Waals surface area contributed by atoms with Crippen LogP contribution in [0.4, 0.5) is 0 Å². The van der Waals surface area contributed by atoms with Crippen molar-refractivity contribution in [2.45, 2.75) is 26.2 Å². The van der Waals surface area contributed by atoms with Crippen LogP contribution >= 0.6 is 15.9 Å². The van der Waals surface area contributed by atoms with Crippen LogP contribution in [0.1, 0.15) is 24.8 Å². The molecule has 0 aliphatic heterocycles. The molecule has 0 bridgehead atoms.